The van der Waals surface area contributed by atoms with E-state index in [2.05, 4.69) is 132 Å². The average molecular weight is 451 g/mol. The third-order valence-corrected chi connectivity index (χ3v) is 6.52. The van der Waals surface area contributed by atoms with Crippen LogP contribution in [0.3, 0.4) is 0 Å². The Morgan fingerprint density at radius 3 is 1.14 bits per heavy atom. The summed E-state index contributed by atoms with van der Waals surface area (Å²) in [7, 11) is 0. The van der Waals surface area contributed by atoms with E-state index in [-0.39, 0.29) is 0 Å². The second-order valence-electron chi connectivity index (χ2n) is 8.79. The number of benzene rings is 6. The molecule has 35 heavy (non-hydrogen) atoms. The van der Waals surface area contributed by atoms with Gasteiger partial charge in [-0.05, 0) is 64.7 Å². The fraction of sp³-hybridized carbons (Fsp3) is 0.0303. The van der Waals surface area contributed by atoms with Gasteiger partial charge in [0.1, 0.15) is 0 Å². The zero-order valence-corrected chi connectivity index (χ0v) is 19.4. The van der Waals surface area contributed by atoms with Crippen molar-refractivity contribution in [2.75, 3.05) is 10.6 Å². The summed E-state index contributed by atoms with van der Waals surface area (Å²) < 4.78 is 0. The number of hydrogen-bond acceptors (Lipinski definition) is 2. The highest BCUT2D eigenvalue weighted by Crippen LogP contribution is 2.34. The molecule has 0 amide bonds. The molecule has 2 nitrogen and oxygen atoms in total. The number of fused-ring (bicyclic) bond motifs is 2. The highest BCUT2D eigenvalue weighted by molar-refractivity contribution is 6.00. The highest BCUT2D eigenvalue weighted by atomic mass is 14.9. The summed E-state index contributed by atoms with van der Waals surface area (Å²) in [4.78, 5) is 0. The average Bonchev–Trinajstić information content (AvgIpc) is 2.92. The first kappa shape index (κ1) is 21.0. The third-order valence-electron chi connectivity index (χ3n) is 6.52. The Morgan fingerprint density at radius 1 is 0.343 bits per heavy atom. The van der Waals surface area contributed by atoms with Crippen molar-refractivity contribution in [1.29, 1.82) is 0 Å². The van der Waals surface area contributed by atoms with Crippen LogP contribution >= 0.6 is 0 Å². The molecule has 0 aliphatic rings. The van der Waals surface area contributed by atoms with Crippen LogP contribution in [0.2, 0.25) is 0 Å². The number of anilines is 4. The van der Waals surface area contributed by atoms with Crippen molar-refractivity contribution >= 4 is 44.3 Å². The Hall–Kier alpha value is -4.56. The number of hydrogen-bond donors (Lipinski definition) is 2. The normalized spacial score (nSPS) is 11.0. The summed E-state index contributed by atoms with van der Waals surface area (Å²) in [6.07, 6.45) is 0.873. The van der Waals surface area contributed by atoms with Crippen molar-refractivity contribution in [1.82, 2.24) is 0 Å². The topological polar surface area (TPSA) is 24.1 Å². The predicted molar refractivity (Wildman–Crippen MR) is 150 cm³/mol. The number of para-hydroxylation sites is 2. The van der Waals surface area contributed by atoms with Gasteiger partial charge in [-0.3, -0.25) is 0 Å². The Morgan fingerprint density at radius 2 is 0.714 bits per heavy atom. The van der Waals surface area contributed by atoms with Gasteiger partial charge in [-0.15, -0.1) is 0 Å². The molecule has 6 aromatic rings. The molecule has 0 saturated carbocycles. The van der Waals surface area contributed by atoms with E-state index >= 15 is 0 Å². The Bertz CT molecular complexity index is 1480. The summed E-state index contributed by atoms with van der Waals surface area (Å²) in [6.45, 7) is 0. The lowest BCUT2D eigenvalue weighted by Gasteiger charge is -2.16. The highest BCUT2D eigenvalue weighted by Gasteiger charge is 2.11. The molecule has 0 aliphatic carbocycles. The number of rotatable bonds is 6. The van der Waals surface area contributed by atoms with Crippen molar-refractivity contribution in [3.05, 3.63) is 145 Å². The van der Waals surface area contributed by atoms with Crippen LogP contribution in [0, 0.1) is 0 Å². The fourth-order valence-corrected chi connectivity index (χ4v) is 4.81. The second-order valence-corrected chi connectivity index (χ2v) is 8.79. The summed E-state index contributed by atoms with van der Waals surface area (Å²) in [5.41, 5.74) is 7.10. The number of nitrogens with one attached hydrogen (secondary N) is 2. The summed E-state index contributed by atoms with van der Waals surface area (Å²) >= 11 is 0. The van der Waals surface area contributed by atoms with E-state index in [4.69, 9.17) is 0 Å². The molecule has 0 spiro atoms. The minimum Gasteiger partial charge on any atom is -0.355 e. The van der Waals surface area contributed by atoms with Gasteiger partial charge in [0, 0.05) is 33.5 Å². The second kappa shape index (κ2) is 9.36. The summed E-state index contributed by atoms with van der Waals surface area (Å²) in [6, 6.07) is 47.0. The largest absolute Gasteiger partial charge is 0.355 e. The molecular weight excluding hydrogens is 424 g/mol. The zero-order valence-electron chi connectivity index (χ0n) is 19.4. The van der Waals surface area contributed by atoms with Crippen LogP contribution in [0.5, 0.6) is 0 Å². The lowest BCUT2D eigenvalue weighted by molar-refractivity contribution is 1.24. The van der Waals surface area contributed by atoms with Crippen LogP contribution in [0.1, 0.15) is 11.1 Å². The van der Waals surface area contributed by atoms with E-state index in [1.165, 1.54) is 32.7 Å². The van der Waals surface area contributed by atoms with Crippen molar-refractivity contribution < 1.29 is 0 Å². The predicted octanol–water partition coefficient (Wildman–Crippen LogP) is 9.07. The zero-order chi connectivity index (χ0) is 23.5. The maximum Gasteiger partial charge on any atom is 0.0464 e. The van der Waals surface area contributed by atoms with E-state index in [0.29, 0.717) is 0 Å². The van der Waals surface area contributed by atoms with Crippen molar-refractivity contribution in [3.63, 3.8) is 0 Å². The fourth-order valence-electron chi connectivity index (χ4n) is 4.81. The lowest BCUT2D eigenvalue weighted by Crippen LogP contribution is -1.97. The first-order valence-electron chi connectivity index (χ1n) is 12.0. The quantitative estimate of drug-likeness (QED) is 0.264. The maximum atomic E-state index is 3.59. The molecule has 168 valence electrons. The van der Waals surface area contributed by atoms with Gasteiger partial charge in [-0.1, -0.05) is 97.1 Å². The molecule has 0 bridgehead atoms. The van der Waals surface area contributed by atoms with E-state index in [0.717, 1.165) is 29.2 Å². The van der Waals surface area contributed by atoms with Crippen LogP contribution < -0.4 is 10.6 Å². The van der Waals surface area contributed by atoms with Crippen LogP contribution in [-0.2, 0) is 6.42 Å². The smallest absolute Gasteiger partial charge is 0.0464 e. The molecule has 0 radical (unpaired) electrons. The SMILES string of the molecule is c1ccc(Nc2ccc(Cc3ccc(Nc4ccccc4)c4ccccc34)c3ccccc23)cc1. The van der Waals surface area contributed by atoms with Gasteiger partial charge >= 0.3 is 0 Å². The molecule has 6 aromatic carbocycles. The molecule has 0 atom stereocenters. The van der Waals surface area contributed by atoms with Gasteiger partial charge in [0.15, 0.2) is 0 Å². The molecule has 0 fully saturated rings. The van der Waals surface area contributed by atoms with Gasteiger partial charge in [0.25, 0.3) is 0 Å². The standard InChI is InChI=1S/C33H26N2/c1-3-11-26(12-4-1)34-32-21-19-24(28-15-7-9-17-30(28)32)23-25-20-22-33(31-18-10-8-16-29(25)31)35-27-13-5-2-6-14-27/h1-22,34-35H,23H2. The molecule has 2 heteroatoms. The molecule has 2 N–H and O–H groups in total. The van der Waals surface area contributed by atoms with E-state index < -0.39 is 0 Å². The Labute approximate surface area is 205 Å². The van der Waals surface area contributed by atoms with E-state index in [1.54, 1.807) is 0 Å². The molecule has 0 saturated heterocycles. The molecule has 0 heterocycles. The van der Waals surface area contributed by atoms with Gasteiger partial charge in [0.2, 0.25) is 0 Å². The molecule has 0 unspecified atom stereocenters. The minimum absolute atomic E-state index is 0.873. The van der Waals surface area contributed by atoms with Gasteiger partial charge < -0.3 is 10.6 Å². The molecular formula is C33H26N2. The lowest BCUT2D eigenvalue weighted by atomic mass is 9.93. The van der Waals surface area contributed by atoms with E-state index in [1.807, 2.05) is 12.1 Å². The monoisotopic (exact) mass is 450 g/mol. The van der Waals surface area contributed by atoms with Crippen molar-refractivity contribution in [2.45, 2.75) is 6.42 Å². The molecule has 6 rings (SSSR count). The summed E-state index contributed by atoms with van der Waals surface area (Å²) in [5.74, 6) is 0. The van der Waals surface area contributed by atoms with Crippen LogP contribution in [0.4, 0.5) is 22.7 Å². The van der Waals surface area contributed by atoms with Crippen LogP contribution in [0.25, 0.3) is 21.5 Å². The van der Waals surface area contributed by atoms with Gasteiger partial charge in [0.05, 0.1) is 0 Å². The van der Waals surface area contributed by atoms with Gasteiger partial charge in [-0.2, -0.15) is 0 Å². The van der Waals surface area contributed by atoms with Crippen molar-refractivity contribution in [3.8, 4) is 0 Å². The van der Waals surface area contributed by atoms with Crippen LogP contribution in [0.15, 0.2) is 133 Å². The Kier molecular flexibility index (Phi) is 5.62. The minimum atomic E-state index is 0.873. The van der Waals surface area contributed by atoms with Crippen molar-refractivity contribution in [2.24, 2.45) is 0 Å². The first-order valence-corrected chi connectivity index (χ1v) is 12.0. The van der Waals surface area contributed by atoms with Crippen LogP contribution in [-0.4, -0.2) is 0 Å². The van der Waals surface area contributed by atoms with E-state index in [9.17, 15) is 0 Å². The first-order chi connectivity index (χ1) is 17.3. The third kappa shape index (κ3) is 4.34. The van der Waals surface area contributed by atoms with Gasteiger partial charge in [-0.25, -0.2) is 0 Å². The maximum absolute atomic E-state index is 3.59. The summed E-state index contributed by atoms with van der Waals surface area (Å²) in [5, 5.41) is 12.2. The Balaban J connectivity index is 1.38. The molecule has 0 aliphatic heterocycles. The molecule has 0 aromatic heterocycles.